The van der Waals surface area contributed by atoms with Gasteiger partial charge in [0.15, 0.2) is 10.3 Å². The van der Waals surface area contributed by atoms with E-state index in [1.165, 1.54) is 11.3 Å². The molecule has 0 fully saturated rings. The fourth-order valence-corrected chi connectivity index (χ4v) is 5.24. The van der Waals surface area contributed by atoms with Gasteiger partial charge < -0.3 is 0 Å². The normalized spacial score (nSPS) is 11.0. The minimum atomic E-state index is -0.0567. The largest absolute Gasteiger partial charge is 0.295 e. The molecule has 8 heteroatoms. The van der Waals surface area contributed by atoms with Crippen molar-refractivity contribution >= 4 is 51.4 Å². The van der Waals surface area contributed by atoms with Crippen LogP contribution < -0.4 is 4.90 Å². The van der Waals surface area contributed by atoms with Gasteiger partial charge in [-0.2, -0.15) is 0 Å². The lowest BCUT2D eigenvalue weighted by Crippen LogP contribution is -2.23. The van der Waals surface area contributed by atoms with Crippen molar-refractivity contribution in [2.45, 2.75) is 31.7 Å². The third-order valence-electron chi connectivity index (χ3n) is 4.70. The summed E-state index contributed by atoms with van der Waals surface area (Å²) in [6.07, 6.45) is 3.71. The molecule has 0 N–H and O–H groups in total. The van der Waals surface area contributed by atoms with Gasteiger partial charge in [0.05, 0.1) is 11.4 Å². The van der Waals surface area contributed by atoms with Crippen LogP contribution in [0.5, 0.6) is 0 Å². The molecule has 5 nitrogen and oxygen atoms in total. The van der Waals surface area contributed by atoms with Gasteiger partial charge in [0.25, 0.3) is 0 Å². The molecule has 0 bridgehead atoms. The second-order valence-electron chi connectivity index (χ2n) is 7.11. The van der Waals surface area contributed by atoms with Gasteiger partial charge in [0, 0.05) is 41.2 Å². The maximum absolute atomic E-state index is 12.4. The first-order valence-corrected chi connectivity index (χ1v) is 11.9. The highest BCUT2D eigenvalue weighted by molar-refractivity contribution is 7.98. The van der Waals surface area contributed by atoms with Crippen LogP contribution in [0, 0.1) is 13.8 Å². The molecule has 0 unspecified atom stereocenters. The Morgan fingerprint density at radius 1 is 1.19 bits per heavy atom. The molecule has 0 atom stereocenters. The van der Waals surface area contributed by atoms with Gasteiger partial charge >= 0.3 is 0 Å². The van der Waals surface area contributed by atoms with Gasteiger partial charge in [-0.05, 0) is 49.7 Å². The van der Waals surface area contributed by atoms with E-state index < -0.39 is 0 Å². The molecule has 4 rings (SSSR count). The summed E-state index contributed by atoms with van der Waals surface area (Å²) in [4.78, 5) is 23.3. The molecule has 0 aliphatic rings. The van der Waals surface area contributed by atoms with Crippen LogP contribution in [0.3, 0.4) is 0 Å². The predicted molar refractivity (Wildman–Crippen MR) is 129 cm³/mol. The number of imidazole rings is 1. The number of anilines is 2. The van der Waals surface area contributed by atoms with Crippen molar-refractivity contribution in [3.05, 3.63) is 82.1 Å². The smallest absolute Gasteiger partial charge is 0.230 e. The number of hydrogen-bond acceptors (Lipinski definition) is 5. The monoisotopic (exact) mass is 468 g/mol. The third kappa shape index (κ3) is 4.84. The Bertz CT molecular complexity index is 1220. The number of nitrogens with zero attached hydrogens (tertiary/aromatic N) is 4. The molecule has 2 aromatic heterocycles. The molecule has 0 radical (unpaired) electrons. The number of thiazole rings is 1. The number of benzene rings is 2. The number of thioether (sulfide) groups is 1. The van der Waals surface area contributed by atoms with Gasteiger partial charge in [0.2, 0.25) is 5.91 Å². The fourth-order valence-electron chi connectivity index (χ4n) is 3.26. The third-order valence-corrected chi connectivity index (χ3v) is 6.83. The van der Waals surface area contributed by atoms with E-state index in [4.69, 9.17) is 16.6 Å². The van der Waals surface area contributed by atoms with E-state index in [9.17, 15) is 4.79 Å². The zero-order valence-electron chi connectivity index (χ0n) is 17.4. The highest BCUT2D eigenvalue weighted by Crippen LogP contribution is 2.33. The van der Waals surface area contributed by atoms with Crippen LogP contribution in [0.1, 0.15) is 23.7 Å². The summed E-state index contributed by atoms with van der Waals surface area (Å²) < 4.78 is 2.02. The summed E-state index contributed by atoms with van der Waals surface area (Å²) in [6, 6.07) is 13.7. The Kier molecular flexibility index (Phi) is 6.46. The van der Waals surface area contributed by atoms with Crippen LogP contribution in [0.15, 0.2) is 65.4 Å². The first-order valence-electron chi connectivity index (χ1n) is 9.67. The lowest BCUT2D eigenvalue weighted by Gasteiger charge is -2.20. The van der Waals surface area contributed by atoms with E-state index in [1.54, 1.807) is 29.8 Å². The van der Waals surface area contributed by atoms with Gasteiger partial charge in [0.1, 0.15) is 0 Å². The van der Waals surface area contributed by atoms with Crippen LogP contribution in [0.2, 0.25) is 5.02 Å². The first-order chi connectivity index (χ1) is 14.9. The van der Waals surface area contributed by atoms with Crippen LogP contribution in [-0.4, -0.2) is 20.4 Å². The average molecular weight is 469 g/mol. The number of aromatic nitrogens is 3. The van der Waals surface area contributed by atoms with Crippen LogP contribution in [0.4, 0.5) is 10.8 Å². The van der Waals surface area contributed by atoms with E-state index in [0.717, 1.165) is 33.4 Å². The summed E-state index contributed by atoms with van der Waals surface area (Å²) >= 11 is 9.07. The van der Waals surface area contributed by atoms with Crippen molar-refractivity contribution < 1.29 is 4.79 Å². The zero-order chi connectivity index (χ0) is 22.0. The molecule has 158 valence electrons. The lowest BCUT2D eigenvalue weighted by atomic mass is 10.1. The predicted octanol–water partition coefficient (Wildman–Crippen LogP) is 6.58. The molecule has 0 spiro atoms. The van der Waals surface area contributed by atoms with Gasteiger partial charge in [-0.15, -0.1) is 11.3 Å². The molecular formula is C23H21ClN4OS2. The molecule has 2 aromatic carbocycles. The molecule has 4 aromatic rings. The Morgan fingerprint density at radius 2 is 1.97 bits per heavy atom. The topological polar surface area (TPSA) is 51.0 Å². The number of amides is 1. The van der Waals surface area contributed by atoms with Gasteiger partial charge in [-0.1, -0.05) is 41.1 Å². The number of halogens is 1. The number of carbonyl (C=O) groups is 1. The van der Waals surface area contributed by atoms with E-state index in [0.29, 0.717) is 15.9 Å². The van der Waals surface area contributed by atoms with Gasteiger partial charge in [-0.25, -0.2) is 9.97 Å². The van der Waals surface area contributed by atoms with Crippen LogP contribution >= 0.6 is 34.7 Å². The molecule has 0 saturated carbocycles. The van der Waals surface area contributed by atoms with Crippen LogP contribution in [-0.2, 0) is 10.5 Å². The maximum atomic E-state index is 12.4. The second-order valence-corrected chi connectivity index (χ2v) is 9.33. The van der Waals surface area contributed by atoms with Crippen molar-refractivity contribution in [1.29, 1.82) is 0 Å². The lowest BCUT2D eigenvalue weighted by molar-refractivity contribution is -0.115. The highest BCUT2D eigenvalue weighted by atomic mass is 35.5. The number of rotatable bonds is 6. The summed E-state index contributed by atoms with van der Waals surface area (Å²) in [6.45, 7) is 5.62. The van der Waals surface area contributed by atoms with E-state index in [1.807, 2.05) is 66.4 Å². The zero-order valence-corrected chi connectivity index (χ0v) is 19.8. The molecular weight excluding hydrogens is 448 g/mol. The summed E-state index contributed by atoms with van der Waals surface area (Å²) in [5, 5.41) is 4.25. The second kappa shape index (κ2) is 9.26. The minimum Gasteiger partial charge on any atom is -0.295 e. The van der Waals surface area contributed by atoms with E-state index in [2.05, 4.69) is 11.1 Å². The van der Waals surface area contributed by atoms with Crippen LogP contribution in [0.25, 0.3) is 5.69 Å². The Hall–Kier alpha value is -2.61. The summed E-state index contributed by atoms with van der Waals surface area (Å²) in [7, 11) is 0. The minimum absolute atomic E-state index is 0.0567. The van der Waals surface area contributed by atoms with Crippen molar-refractivity contribution in [1.82, 2.24) is 14.5 Å². The van der Waals surface area contributed by atoms with E-state index in [-0.39, 0.29) is 5.91 Å². The van der Waals surface area contributed by atoms with Crippen molar-refractivity contribution in [3.63, 3.8) is 0 Å². The Morgan fingerprint density at radius 3 is 2.68 bits per heavy atom. The van der Waals surface area contributed by atoms with Crippen molar-refractivity contribution in [2.24, 2.45) is 0 Å². The number of aryl methyl sites for hydroxylation is 2. The number of hydrogen-bond donors (Lipinski definition) is 0. The fraction of sp³-hybridized carbons (Fsp3) is 0.174. The Balaban J connectivity index is 1.53. The average Bonchev–Trinajstić information content (AvgIpc) is 3.38. The quantitative estimate of drug-likeness (QED) is 0.300. The maximum Gasteiger partial charge on any atom is 0.230 e. The number of carbonyl (C=O) groups excluding carboxylic acids is 1. The SMILES string of the molecule is CC(=O)N(c1nc(CSc2nccn2-c2ccc(Cl)cc2)cs1)c1ccc(C)cc1C. The molecule has 0 aliphatic heterocycles. The summed E-state index contributed by atoms with van der Waals surface area (Å²) in [5.74, 6) is 0.596. The highest BCUT2D eigenvalue weighted by Gasteiger charge is 2.20. The molecule has 31 heavy (non-hydrogen) atoms. The molecule has 1 amide bonds. The molecule has 2 heterocycles. The van der Waals surface area contributed by atoms with Crippen molar-refractivity contribution in [2.75, 3.05) is 4.90 Å². The summed E-state index contributed by atoms with van der Waals surface area (Å²) in [5.41, 5.74) is 4.99. The standard InChI is InChI=1S/C23H21ClN4OS2/c1-15-4-9-21(16(2)12-15)28(17(3)29)23-26-19(14-31-23)13-30-22-25-10-11-27(22)20-7-5-18(24)6-8-20/h4-12,14H,13H2,1-3H3. The first kappa shape index (κ1) is 21.6. The van der Waals surface area contributed by atoms with E-state index >= 15 is 0 Å². The Labute approximate surface area is 194 Å². The molecule has 0 saturated heterocycles. The molecule has 0 aliphatic carbocycles. The van der Waals surface area contributed by atoms with Gasteiger partial charge in [-0.3, -0.25) is 14.3 Å². The van der Waals surface area contributed by atoms with Crippen molar-refractivity contribution in [3.8, 4) is 5.69 Å².